The molecule has 0 amide bonds. The number of alkyl halides is 4. The molecule has 1 fully saturated rings. The molecule has 0 heterocycles. The van der Waals surface area contributed by atoms with Crippen molar-refractivity contribution in [2.45, 2.75) is 30.8 Å². The monoisotopic (exact) mass is 259 g/mol. The Hall–Kier alpha value is -1.77. The van der Waals surface area contributed by atoms with Gasteiger partial charge in [0, 0.05) is 12.8 Å². The van der Waals surface area contributed by atoms with Crippen molar-refractivity contribution < 1.29 is 22.3 Å². The average Bonchev–Trinajstić information content (AvgIpc) is 2.23. The van der Waals surface area contributed by atoms with Crippen molar-refractivity contribution in [1.29, 1.82) is 5.26 Å². The fourth-order valence-electron chi connectivity index (χ4n) is 2.06. The molecule has 0 bridgehead atoms. The Balaban J connectivity index is 2.16. The van der Waals surface area contributed by atoms with Gasteiger partial charge in [-0.1, -0.05) is 12.1 Å². The molecule has 1 aliphatic carbocycles. The first-order chi connectivity index (χ1) is 8.35. The Labute approximate surface area is 101 Å². The molecular weight excluding hydrogens is 250 g/mol. The van der Waals surface area contributed by atoms with Crippen molar-refractivity contribution in [2.24, 2.45) is 0 Å². The van der Waals surface area contributed by atoms with Crippen LogP contribution < -0.4 is 4.74 Å². The standard InChI is InChI=1S/C12H9F4NO/c13-9-5-11(6-9,7-17)8-1-3-10(4-2-8)18-12(14,15)16/h1-4,9H,5-6H2. The highest BCUT2D eigenvalue weighted by molar-refractivity contribution is 5.39. The minimum absolute atomic E-state index is 0.0863. The van der Waals surface area contributed by atoms with Crippen molar-refractivity contribution >= 4 is 0 Å². The fraction of sp³-hybridized carbons (Fsp3) is 0.417. The Bertz CT molecular complexity index is 468. The molecule has 0 aliphatic heterocycles. The van der Waals surface area contributed by atoms with Crippen LogP contribution in [0.15, 0.2) is 24.3 Å². The summed E-state index contributed by atoms with van der Waals surface area (Å²) in [6.45, 7) is 0. The van der Waals surface area contributed by atoms with Gasteiger partial charge in [0.15, 0.2) is 0 Å². The van der Waals surface area contributed by atoms with E-state index in [4.69, 9.17) is 5.26 Å². The number of hydrogen-bond acceptors (Lipinski definition) is 2. The van der Waals surface area contributed by atoms with Gasteiger partial charge in [-0.25, -0.2) is 4.39 Å². The van der Waals surface area contributed by atoms with E-state index in [-0.39, 0.29) is 18.6 Å². The van der Waals surface area contributed by atoms with Gasteiger partial charge in [-0.3, -0.25) is 0 Å². The van der Waals surface area contributed by atoms with Crippen LogP contribution in [0, 0.1) is 11.3 Å². The third kappa shape index (κ3) is 2.40. The van der Waals surface area contributed by atoms with Gasteiger partial charge in [0.05, 0.1) is 11.5 Å². The van der Waals surface area contributed by atoms with E-state index in [0.29, 0.717) is 5.56 Å². The lowest BCUT2D eigenvalue weighted by Gasteiger charge is -2.38. The van der Waals surface area contributed by atoms with E-state index in [1.54, 1.807) is 0 Å². The lowest BCUT2D eigenvalue weighted by atomic mass is 9.64. The van der Waals surface area contributed by atoms with Crippen LogP contribution in [0.3, 0.4) is 0 Å². The lowest BCUT2D eigenvalue weighted by molar-refractivity contribution is -0.274. The predicted octanol–water partition coefficient (Wildman–Crippen LogP) is 3.48. The molecule has 0 radical (unpaired) electrons. The second-order valence-electron chi connectivity index (χ2n) is 4.27. The zero-order valence-corrected chi connectivity index (χ0v) is 9.17. The smallest absolute Gasteiger partial charge is 0.406 e. The summed E-state index contributed by atoms with van der Waals surface area (Å²) in [6, 6.07) is 7.03. The SMILES string of the molecule is N#CC1(c2ccc(OC(F)(F)F)cc2)CC(F)C1. The molecule has 2 nitrogen and oxygen atoms in total. The van der Waals surface area contributed by atoms with Crippen LogP contribution in [0.1, 0.15) is 18.4 Å². The van der Waals surface area contributed by atoms with Crippen LogP contribution in [-0.4, -0.2) is 12.5 Å². The molecule has 0 aromatic heterocycles. The van der Waals surface area contributed by atoms with Crippen LogP contribution in [0.4, 0.5) is 17.6 Å². The number of halogens is 4. The number of nitrogens with zero attached hydrogens (tertiary/aromatic N) is 1. The largest absolute Gasteiger partial charge is 0.573 e. The molecule has 0 atom stereocenters. The summed E-state index contributed by atoms with van der Waals surface area (Å²) in [4.78, 5) is 0. The molecule has 6 heteroatoms. The Morgan fingerprint density at radius 2 is 1.78 bits per heavy atom. The Morgan fingerprint density at radius 3 is 2.17 bits per heavy atom. The number of hydrogen-bond donors (Lipinski definition) is 0. The first-order valence-electron chi connectivity index (χ1n) is 5.26. The van der Waals surface area contributed by atoms with E-state index in [0.717, 1.165) is 12.1 Å². The van der Waals surface area contributed by atoms with E-state index in [1.165, 1.54) is 12.1 Å². The maximum absolute atomic E-state index is 12.9. The van der Waals surface area contributed by atoms with Gasteiger partial charge in [0.2, 0.25) is 0 Å². The molecule has 0 N–H and O–H groups in total. The van der Waals surface area contributed by atoms with E-state index in [2.05, 4.69) is 4.74 Å². The first-order valence-corrected chi connectivity index (χ1v) is 5.26. The number of benzene rings is 1. The highest BCUT2D eigenvalue weighted by Crippen LogP contribution is 2.45. The third-order valence-corrected chi connectivity index (χ3v) is 2.99. The molecule has 1 saturated carbocycles. The van der Waals surface area contributed by atoms with Gasteiger partial charge in [-0.05, 0) is 17.7 Å². The quantitative estimate of drug-likeness (QED) is 0.762. The minimum atomic E-state index is -4.74. The van der Waals surface area contributed by atoms with Crippen LogP contribution in [0.5, 0.6) is 5.75 Å². The van der Waals surface area contributed by atoms with Gasteiger partial charge in [0.1, 0.15) is 11.9 Å². The zero-order chi connectivity index (χ0) is 13.4. The second kappa shape index (κ2) is 4.16. The van der Waals surface area contributed by atoms with Gasteiger partial charge in [-0.2, -0.15) is 5.26 Å². The molecule has 96 valence electrons. The summed E-state index contributed by atoms with van der Waals surface area (Å²) in [5.74, 6) is -0.351. The van der Waals surface area contributed by atoms with E-state index in [1.807, 2.05) is 6.07 Å². The van der Waals surface area contributed by atoms with Crippen LogP contribution in [0.25, 0.3) is 0 Å². The van der Waals surface area contributed by atoms with Gasteiger partial charge < -0.3 is 4.74 Å². The van der Waals surface area contributed by atoms with E-state index in [9.17, 15) is 17.6 Å². The van der Waals surface area contributed by atoms with Crippen molar-refractivity contribution in [2.75, 3.05) is 0 Å². The van der Waals surface area contributed by atoms with Gasteiger partial charge >= 0.3 is 6.36 Å². The minimum Gasteiger partial charge on any atom is -0.406 e. The lowest BCUT2D eigenvalue weighted by Crippen LogP contribution is -2.41. The number of ether oxygens (including phenoxy) is 1. The second-order valence-corrected chi connectivity index (χ2v) is 4.27. The molecule has 18 heavy (non-hydrogen) atoms. The van der Waals surface area contributed by atoms with E-state index >= 15 is 0 Å². The maximum atomic E-state index is 12.9. The molecule has 0 unspecified atom stereocenters. The van der Waals surface area contributed by atoms with Crippen molar-refractivity contribution in [3.05, 3.63) is 29.8 Å². The van der Waals surface area contributed by atoms with Gasteiger partial charge in [0.25, 0.3) is 0 Å². The number of nitriles is 1. The highest BCUT2D eigenvalue weighted by Gasteiger charge is 2.46. The molecule has 1 aromatic rings. The molecule has 0 saturated heterocycles. The summed E-state index contributed by atoms with van der Waals surface area (Å²) in [6.07, 6.45) is -5.59. The van der Waals surface area contributed by atoms with Crippen molar-refractivity contribution in [3.8, 4) is 11.8 Å². The molecule has 0 spiro atoms. The highest BCUT2D eigenvalue weighted by atomic mass is 19.4. The Kier molecular flexibility index (Phi) is 2.93. The summed E-state index contributed by atoms with van der Waals surface area (Å²) in [5.41, 5.74) is -0.385. The summed E-state index contributed by atoms with van der Waals surface area (Å²) in [7, 11) is 0. The molecular formula is C12H9F4NO. The average molecular weight is 259 g/mol. The van der Waals surface area contributed by atoms with E-state index < -0.39 is 17.9 Å². The predicted molar refractivity (Wildman–Crippen MR) is 54.5 cm³/mol. The topological polar surface area (TPSA) is 33.0 Å². The maximum Gasteiger partial charge on any atom is 0.573 e. The zero-order valence-electron chi connectivity index (χ0n) is 9.17. The van der Waals surface area contributed by atoms with Crippen molar-refractivity contribution in [3.63, 3.8) is 0 Å². The normalized spacial score (nSPS) is 27.2. The van der Waals surface area contributed by atoms with Gasteiger partial charge in [-0.15, -0.1) is 13.2 Å². The molecule has 2 rings (SSSR count). The van der Waals surface area contributed by atoms with Crippen LogP contribution in [0.2, 0.25) is 0 Å². The summed E-state index contributed by atoms with van der Waals surface area (Å²) >= 11 is 0. The first kappa shape index (κ1) is 12.7. The molecule has 1 aromatic carbocycles. The van der Waals surface area contributed by atoms with Crippen molar-refractivity contribution in [1.82, 2.24) is 0 Å². The van der Waals surface area contributed by atoms with Crippen LogP contribution in [-0.2, 0) is 5.41 Å². The summed E-state index contributed by atoms with van der Waals surface area (Å²) in [5, 5.41) is 9.04. The fourth-order valence-corrected chi connectivity index (χ4v) is 2.06. The van der Waals surface area contributed by atoms with Crippen LogP contribution >= 0.6 is 0 Å². The number of rotatable bonds is 2. The molecule has 1 aliphatic rings. The summed E-state index contributed by atoms with van der Waals surface area (Å²) < 4.78 is 52.4. The third-order valence-electron chi connectivity index (χ3n) is 2.99. The Morgan fingerprint density at radius 1 is 1.22 bits per heavy atom.